The van der Waals surface area contributed by atoms with E-state index in [1.807, 2.05) is 49.9 Å². The van der Waals surface area contributed by atoms with Gasteiger partial charge in [-0.2, -0.15) is 0 Å². The van der Waals surface area contributed by atoms with E-state index in [1.165, 1.54) is 22.2 Å². The standard InChI is InChI=1S/C33H46N4O4/c1-23-28-11-6-7-12-29(28)37(18-9-19-40-5)31(23)25-10-8-17-36(22-25)30(38)21-27(35-32(39)41-33(2,3)4)20-24-13-15-26(34)16-14-24/h6-7,11-16,25,27H,8-10,17-22,34H2,1-5H3,(H,35,39). The second-order valence-corrected chi connectivity index (χ2v) is 12.2. The van der Waals surface area contributed by atoms with Gasteiger partial charge in [-0.05, 0) is 82.7 Å². The molecular formula is C33H46N4O4. The van der Waals surface area contributed by atoms with Crippen LogP contribution < -0.4 is 11.1 Å². The molecule has 41 heavy (non-hydrogen) atoms. The van der Waals surface area contributed by atoms with Crippen molar-refractivity contribution in [2.45, 2.75) is 83.9 Å². The van der Waals surface area contributed by atoms with Crippen LogP contribution in [-0.4, -0.2) is 59.9 Å². The summed E-state index contributed by atoms with van der Waals surface area (Å²) in [7, 11) is 1.74. The minimum atomic E-state index is -0.625. The molecule has 8 heteroatoms. The molecule has 8 nitrogen and oxygen atoms in total. The van der Waals surface area contributed by atoms with Gasteiger partial charge >= 0.3 is 6.09 Å². The van der Waals surface area contributed by atoms with Gasteiger partial charge in [0.1, 0.15) is 5.60 Å². The first-order chi connectivity index (χ1) is 19.6. The lowest BCUT2D eigenvalue weighted by Crippen LogP contribution is -2.46. The smallest absolute Gasteiger partial charge is 0.407 e. The highest BCUT2D eigenvalue weighted by Crippen LogP contribution is 2.36. The summed E-state index contributed by atoms with van der Waals surface area (Å²) in [4.78, 5) is 28.4. The summed E-state index contributed by atoms with van der Waals surface area (Å²) in [6.07, 6.45) is 3.11. The van der Waals surface area contributed by atoms with Crippen LogP contribution in [0.25, 0.3) is 10.9 Å². The number of carbonyl (C=O) groups is 2. The summed E-state index contributed by atoms with van der Waals surface area (Å²) in [6, 6.07) is 15.7. The Hall–Kier alpha value is -3.52. The largest absolute Gasteiger partial charge is 0.444 e. The number of ether oxygens (including phenoxy) is 2. The average Bonchev–Trinajstić information content (AvgIpc) is 3.20. The molecule has 0 radical (unpaired) electrons. The van der Waals surface area contributed by atoms with Crippen molar-refractivity contribution >= 4 is 28.6 Å². The maximum absolute atomic E-state index is 13.7. The van der Waals surface area contributed by atoms with E-state index in [9.17, 15) is 9.59 Å². The first-order valence-electron chi connectivity index (χ1n) is 14.7. The van der Waals surface area contributed by atoms with Crippen LogP contribution in [-0.2, 0) is 27.2 Å². The summed E-state index contributed by atoms with van der Waals surface area (Å²) < 4.78 is 13.3. The van der Waals surface area contributed by atoms with Gasteiger partial charge in [0.15, 0.2) is 0 Å². The zero-order chi connectivity index (χ0) is 29.6. The minimum absolute atomic E-state index is 0.0471. The maximum Gasteiger partial charge on any atom is 0.407 e. The Morgan fingerprint density at radius 2 is 1.85 bits per heavy atom. The van der Waals surface area contributed by atoms with E-state index < -0.39 is 17.7 Å². The highest BCUT2D eigenvalue weighted by Gasteiger charge is 2.31. The number of alkyl carbamates (subject to hydrolysis) is 1. The highest BCUT2D eigenvalue weighted by molar-refractivity contribution is 5.85. The third kappa shape index (κ3) is 8.03. The molecule has 2 unspecified atom stereocenters. The van der Waals surface area contributed by atoms with Gasteiger partial charge in [-0.3, -0.25) is 4.79 Å². The lowest BCUT2D eigenvalue weighted by molar-refractivity contribution is -0.132. The number of nitrogens with two attached hydrogens (primary N) is 1. The monoisotopic (exact) mass is 562 g/mol. The number of fused-ring (bicyclic) bond motifs is 1. The van der Waals surface area contributed by atoms with Crippen molar-refractivity contribution in [2.24, 2.45) is 0 Å². The lowest BCUT2D eigenvalue weighted by atomic mass is 9.91. The van der Waals surface area contributed by atoms with Gasteiger partial charge in [-0.1, -0.05) is 30.3 Å². The summed E-state index contributed by atoms with van der Waals surface area (Å²) in [5, 5.41) is 4.23. The van der Waals surface area contributed by atoms with Crippen LogP contribution in [0.3, 0.4) is 0 Å². The normalized spacial score (nSPS) is 16.5. The molecule has 2 heterocycles. The molecule has 1 fully saturated rings. The van der Waals surface area contributed by atoms with Crippen LogP contribution in [0.1, 0.15) is 69.2 Å². The van der Waals surface area contributed by atoms with E-state index in [4.69, 9.17) is 15.2 Å². The van der Waals surface area contributed by atoms with Gasteiger partial charge in [0.2, 0.25) is 5.91 Å². The Labute approximate surface area is 244 Å². The number of amides is 2. The van der Waals surface area contributed by atoms with Crippen molar-refractivity contribution in [1.82, 2.24) is 14.8 Å². The Bertz CT molecular complexity index is 1330. The number of nitrogen functional groups attached to an aromatic ring is 1. The van der Waals surface area contributed by atoms with E-state index >= 15 is 0 Å². The van der Waals surface area contributed by atoms with E-state index in [2.05, 4.69) is 41.1 Å². The molecule has 1 saturated heterocycles. The number of rotatable bonds is 10. The lowest BCUT2D eigenvalue weighted by Gasteiger charge is -2.35. The van der Waals surface area contributed by atoms with Crippen LogP contribution in [0, 0.1) is 6.92 Å². The number of nitrogens with one attached hydrogen (secondary N) is 1. The number of benzene rings is 2. The van der Waals surface area contributed by atoms with E-state index in [1.54, 1.807) is 7.11 Å². The SMILES string of the molecule is COCCCn1c(C2CCCN(C(=O)CC(Cc3ccc(N)cc3)NC(=O)OC(C)(C)C)C2)c(C)c2ccccc21. The van der Waals surface area contributed by atoms with Crippen molar-refractivity contribution in [2.75, 3.05) is 32.5 Å². The van der Waals surface area contributed by atoms with Gasteiger partial charge < -0.3 is 30.0 Å². The molecule has 1 aliphatic heterocycles. The van der Waals surface area contributed by atoms with Crippen molar-refractivity contribution in [3.8, 4) is 0 Å². The molecule has 1 aliphatic rings. The Morgan fingerprint density at radius 1 is 1.12 bits per heavy atom. The summed E-state index contributed by atoms with van der Waals surface area (Å²) >= 11 is 0. The number of aryl methyl sites for hydroxylation is 2. The molecule has 2 atom stereocenters. The van der Waals surface area contributed by atoms with Gasteiger partial charge in [0.05, 0.1) is 0 Å². The van der Waals surface area contributed by atoms with Gasteiger partial charge in [-0.15, -0.1) is 0 Å². The second kappa shape index (κ2) is 13.4. The number of anilines is 1. The number of hydrogen-bond acceptors (Lipinski definition) is 5. The van der Waals surface area contributed by atoms with Gasteiger partial charge in [-0.25, -0.2) is 4.79 Å². The van der Waals surface area contributed by atoms with Crippen LogP contribution in [0.4, 0.5) is 10.5 Å². The van der Waals surface area contributed by atoms with Crippen molar-refractivity contribution < 1.29 is 19.1 Å². The number of para-hydroxylation sites is 1. The van der Waals surface area contributed by atoms with E-state index in [-0.39, 0.29) is 18.2 Å². The molecule has 0 aliphatic carbocycles. The number of carbonyl (C=O) groups excluding carboxylic acids is 2. The topological polar surface area (TPSA) is 98.8 Å². The predicted octanol–water partition coefficient (Wildman–Crippen LogP) is 5.80. The molecule has 0 saturated carbocycles. The summed E-state index contributed by atoms with van der Waals surface area (Å²) in [5.41, 5.74) is 10.8. The second-order valence-electron chi connectivity index (χ2n) is 12.2. The fourth-order valence-corrected chi connectivity index (χ4v) is 5.98. The van der Waals surface area contributed by atoms with Crippen molar-refractivity contribution in [3.05, 3.63) is 65.4 Å². The molecule has 0 spiro atoms. The molecule has 4 rings (SSSR count). The Balaban J connectivity index is 1.52. The maximum atomic E-state index is 13.7. The van der Waals surface area contributed by atoms with Crippen molar-refractivity contribution in [1.29, 1.82) is 0 Å². The minimum Gasteiger partial charge on any atom is -0.444 e. The first kappa shape index (κ1) is 30.4. The summed E-state index contributed by atoms with van der Waals surface area (Å²) in [5.74, 6) is 0.294. The molecule has 3 aromatic rings. The quantitative estimate of drug-likeness (QED) is 0.240. The third-order valence-corrected chi connectivity index (χ3v) is 7.77. The molecule has 222 valence electrons. The zero-order valence-electron chi connectivity index (χ0n) is 25.2. The van der Waals surface area contributed by atoms with Crippen LogP contribution in [0.15, 0.2) is 48.5 Å². The predicted molar refractivity (Wildman–Crippen MR) is 164 cm³/mol. The zero-order valence-corrected chi connectivity index (χ0v) is 25.2. The highest BCUT2D eigenvalue weighted by atomic mass is 16.6. The third-order valence-electron chi connectivity index (χ3n) is 7.77. The van der Waals surface area contributed by atoms with Crippen LogP contribution >= 0.6 is 0 Å². The number of nitrogens with zero attached hydrogens (tertiary/aromatic N) is 2. The number of aromatic nitrogens is 1. The number of likely N-dealkylation sites (tertiary alicyclic amines) is 1. The first-order valence-corrected chi connectivity index (χ1v) is 14.7. The van der Waals surface area contributed by atoms with E-state index in [0.29, 0.717) is 25.3 Å². The number of methoxy groups -OCH3 is 1. The number of piperidine rings is 1. The molecule has 0 bridgehead atoms. The molecule has 2 aromatic carbocycles. The molecule has 2 amide bonds. The van der Waals surface area contributed by atoms with Crippen molar-refractivity contribution in [3.63, 3.8) is 0 Å². The molecular weight excluding hydrogens is 516 g/mol. The fraction of sp³-hybridized carbons (Fsp3) is 0.515. The van der Waals surface area contributed by atoms with Crippen LogP contribution in [0.2, 0.25) is 0 Å². The Kier molecular flexibility index (Phi) is 9.97. The van der Waals surface area contributed by atoms with E-state index in [0.717, 1.165) is 37.9 Å². The fourth-order valence-electron chi connectivity index (χ4n) is 5.98. The molecule has 1 aromatic heterocycles. The summed E-state index contributed by atoms with van der Waals surface area (Å²) in [6.45, 7) is 10.7. The number of hydrogen-bond donors (Lipinski definition) is 2. The van der Waals surface area contributed by atoms with Gasteiger partial charge in [0.25, 0.3) is 0 Å². The van der Waals surface area contributed by atoms with Gasteiger partial charge in [0, 0.05) is 74.0 Å². The Morgan fingerprint density at radius 3 is 2.56 bits per heavy atom. The van der Waals surface area contributed by atoms with Crippen LogP contribution in [0.5, 0.6) is 0 Å². The molecule has 3 N–H and O–H groups in total. The average molecular weight is 563 g/mol.